The second-order valence-electron chi connectivity index (χ2n) is 5.63. The number of rotatable bonds is 2. The highest BCUT2D eigenvalue weighted by Crippen LogP contribution is 2.30. The largest absolute Gasteiger partial charge is 0.416 e. The Labute approximate surface area is 156 Å². The van der Waals surface area contributed by atoms with Gasteiger partial charge in [-0.15, -0.1) is 0 Å². The SMILES string of the molecule is CN1C(=O)/C(=N\NC(=S)Nc2ccc(C(F)(F)F)cc2)c2cc(F)ccc21. The van der Waals surface area contributed by atoms with Crippen molar-refractivity contribution in [2.75, 3.05) is 17.3 Å². The van der Waals surface area contributed by atoms with Crippen LogP contribution < -0.4 is 15.6 Å². The number of halogens is 4. The molecule has 5 nitrogen and oxygen atoms in total. The van der Waals surface area contributed by atoms with Gasteiger partial charge in [-0.3, -0.25) is 10.2 Å². The Morgan fingerprint density at radius 3 is 2.44 bits per heavy atom. The van der Waals surface area contributed by atoms with Gasteiger partial charge in [0.25, 0.3) is 5.91 Å². The highest BCUT2D eigenvalue weighted by Gasteiger charge is 2.32. The molecule has 2 N–H and O–H groups in total. The molecular formula is C17H12F4N4OS. The summed E-state index contributed by atoms with van der Waals surface area (Å²) < 4.78 is 51.1. The maximum atomic E-state index is 13.5. The summed E-state index contributed by atoms with van der Waals surface area (Å²) >= 11 is 5.02. The first kappa shape index (κ1) is 18.8. The Kier molecular flexibility index (Phi) is 4.83. The van der Waals surface area contributed by atoms with Crippen LogP contribution >= 0.6 is 12.2 Å². The van der Waals surface area contributed by atoms with Crippen LogP contribution in [0.25, 0.3) is 0 Å². The third-order valence-electron chi connectivity index (χ3n) is 3.82. The summed E-state index contributed by atoms with van der Waals surface area (Å²) in [6.45, 7) is 0. The van der Waals surface area contributed by atoms with E-state index in [1.807, 2.05) is 0 Å². The average Bonchev–Trinajstić information content (AvgIpc) is 2.83. The third kappa shape index (κ3) is 3.90. The quantitative estimate of drug-likeness (QED) is 0.464. The highest BCUT2D eigenvalue weighted by atomic mass is 32.1. The number of benzene rings is 2. The van der Waals surface area contributed by atoms with Crippen molar-refractivity contribution in [3.8, 4) is 0 Å². The number of nitrogens with one attached hydrogen (secondary N) is 2. The van der Waals surface area contributed by atoms with Crippen LogP contribution in [-0.4, -0.2) is 23.8 Å². The summed E-state index contributed by atoms with van der Waals surface area (Å²) in [6, 6.07) is 8.12. The molecule has 140 valence electrons. The first-order chi connectivity index (χ1) is 12.7. The minimum atomic E-state index is -4.43. The minimum Gasteiger partial charge on any atom is -0.331 e. The van der Waals surface area contributed by atoms with Crippen molar-refractivity contribution in [2.24, 2.45) is 5.10 Å². The Morgan fingerprint density at radius 2 is 1.81 bits per heavy atom. The molecule has 2 aromatic carbocycles. The Balaban J connectivity index is 1.72. The number of fused-ring (bicyclic) bond motifs is 1. The van der Waals surface area contributed by atoms with Gasteiger partial charge in [-0.2, -0.15) is 18.3 Å². The molecule has 0 bridgehead atoms. The fourth-order valence-electron chi connectivity index (χ4n) is 2.49. The zero-order valence-corrected chi connectivity index (χ0v) is 14.6. The number of nitrogens with zero attached hydrogens (tertiary/aromatic N) is 2. The summed E-state index contributed by atoms with van der Waals surface area (Å²) in [5.41, 5.74) is 2.76. The zero-order valence-electron chi connectivity index (χ0n) is 13.8. The molecule has 2 aromatic rings. The van der Waals surface area contributed by atoms with E-state index in [0.717, 1.165) is 12.1 Å². The van der Waals surface area contributed by atoms with Gasteiger partial charge < -0.3 is 10.2 Å². The molecule has 0 saturated heterocycles. The number of amides is 1. The van der Waals surface area contributed by atoms with Crippen molar-refractivity contribution < 1.29 is 22.4 Å². The number of thiocarbonyl (C=S) groups is 1. The summed E-state index contributed by atoms with van der Waals surface area (Å²) in [4.78, 5) is 13.6. The number of alkyl halides is 3. The lowest BCUT2D eigenvalue weighted by Gasteiger charge is -2.10. The number of carbonyl (C=O) groups is 1. The van der Waals surface area contributed by atoms with Crippen LogP contribution in [0.4, 0.5) is 28.9 Å². The zero-order chi connectivity index (χ0) is 19.8. The van der Waals surface area contributed by atoms with Gasteiger partial charge in [-0.05, 0) is 54.7 Å². The second kappa shape index (κ2) is 6.95. The molecule has 0 saturated carbocycles. The lowest BCUT2D eigenvalue weighted by atomic mass is 10.1. The van der Waals surface area contributed by atoms with Crippen molar-refractivity contribution in [1.29, 1.82) is 0 Å². The molecule has 0 radical (unpaired) electrons. The standard InChI is InChI=1S/C17H12F4N4OS/c1-25-13-7-4-10(18)8-12(13)14(15(25)26)23-24-16(27)22-11-5-2-9(3-6-11)17(19,20)21/h2-8H,1H3,(H2,22,24,27)/b23-14-. The Hall–Kier alpha value is -3.01. The van der Waals surface area contributed by atoms with Gasteiger partial charge >= 0.3 is 6.18 Å². The second-order valence-corrected chi connectivity index (χ2v) is 6.04. The fraction of sp³-hybridized carbons (Fsp3) is 0.118. The van der Waals surface area contributed by atoms with Gasteiger partial charge in [0.05, 0.1) is 11.3 Å². The van der Waals surface area contributed by atoms with E-state index in [1.165, 1.54) is 42.3 Å². The molecule has 1 aliphatic heterocycles. The number of likely N-dealkylation sites (N-methyl/N-ethyl adjacent to an activating group) is 1. The predicted octanol–water partition coefficient (Wildman–Crippen LogP) is 3.51. The van der Waals surface area contributed by atoms with E-state index in [4.69, 9.17) is 12.2 Å². The summed E-state index contributed by atoms with van der Waals surface area (Å²) in [7, 11) is 1.53. The monoisotopic (exact) mass is 396 g/mol. The maximum Gasteiger partial charge on any atom is 0.416 e. The third-order valence-corrected chi connectivity index (χ3v) is 4.01. The van der Waals surface area contributed by atoms with E-state index in [9.17, 15) is 22.4 Å². The van der Waals surface area contributed by atoms with Crippen LogP contribution in [0.15, 0.2) is 47.6 Å². The number of hydrazone groups is 1. The van der Waals surface area contributed by atoms with E-state index in [2.05, 4.69) is 15.8 Å². The van der Waals surface area contributed by atoms with Gasteiger partial charge in [0, 0.05) is 18.3 Å². The molecule has 3 rings (SSSR count). The van der Waals surface area contributed by atoms with E-state index in [0.29, 0.717) is 16.9 Å². The summed E-state index contributed by atoms with van der Waals surface area (Å²) in [6.07, 6.45) is -4.43. The minimum absolute atomic E-state index is 0.0245. The van der Waals surface area contributed by atoms with E-state index in [1.54, 1.807) is 0 Å². The first-order valence-electron chi connectivity index (χ1n) is 7.57. The van der Waals surface area contributed by atoms with Crippen LogP contribution in [-0.2, 0) is 11.0 Å². The molecule has 0 spiro atoms. The topological polar surface area (TPSA) is 56.7 Å². The van der Waals surface area contributed by atoms with Crippen molar-refractivity contribution in [3.05, 3.63) is 59.4 Å². The predicted molar refractivity (Wildman–Crippen MR) is 97.1 cm³/mol. The molecular weight excluding hydrogens is 384 g/mol. The van der Waals surface area contributed by atoms with Crippen molar-refractivity contribution in [2.45, 2.75) is 6.18 Å². The smallest absolute Gasteiger partial charge is 0.331 e. The number of anilines is 2. The molecule has 0 aliphatic carbocycles. The summed E-state index contributed by atoms with van der Waals surface area (Å²) in [5.74, 6) is -0.963. The van der Waals surface area contributed by atoms with Gasteiger partial charge in [-0.1, -0.05) is 0 Å². The van der Waals surface area contributed by atoms with Crippen LogP contribution in [0.5, 0.6) is 0 Å². The summed E-state index contributed by atoms with van der Waals surface area (Å²) in [5, 5.41) is 6.53. The van der Waals surface area contributed by atoms with Gasteiger partial charge in [-0.25, -0.2) is 4.39 Å². The van der Waals surface area contributed by atoms with Crippen LogP contribution in [0.1, 0.15) is 11.1 Å². The van der Waals surface area contributed by atoms with Gasteiger partial charge in [0.2, 0.25) is 0 Å². The molecule has 10 heteroatoms. The molecule has 0 aromatic heterocycles. The van der Waals surface area contributed by atoms with Gasteiger partial charge in [0.1, 0.15) is 5.82 Å². The molecule has 1 amide bonds. The maximum absolute atomic E-state index is 13.5. The normalized spacial score (nSPS) is 15.1. The Bertz CT molecular complexity index is 941. The van der Waals surface area contributed by atoms with E-state index in [-0.39, 0.29) is 10.8 Å². The lowest BCUT2D eigenvalue weighted by molar-refractivity contribution is -0.137. The molecule has 1 heterocycles. The molecule has 1 aliphatic rings. The number of carbonyl (C=O) groups excluding carboxylic acids is 1. The van der Waals surface area contributed by atoms with E-state index < -0.39 is 23.5 Å². The lowest BCUT2D eigenvalue weighted by Crippen LogP contribution is -2.30. The average molecular weight is 396 g/mol. The van der Waals surface area contributed by atoms with Gasteiger partial charge in [0.15, 0.2) is 10.8 Å². The molecule has 27 heavy (non-hydrogen) atoms. The Morgan fingerprint density at radius 1 is 1.15 bits per heavy atom. The highest BCUT2D eigenvalue weighted by molar-refractivity contribution is 7.80. The van der Waals surface area contributed by atoms with Crippen LogP contribution in [0.2, 0.25) is 0 Å². The molecule has 0 unspecified atom stereocenters. The van der Waals surface area contributed by atoms with Crippen LogP contribution in [0.3, 0.4) is 0 Å². The number of hydrogen-bond donors (Lipinski definition) is 2. The van der Waals surface area contributed by atoms with Crippen molar-refractivity contribution >= 4 is 40.3 Å². The van der Waals surface area contributed by atoms with Crippen molar-refractivity contribution in [3.63, 3.8) is 0 Å². The van der Waals surface area contributed by atoms with Crippen molar-refractivity contribution in [1.82, 2.24) is 5.43 Å². The first-order valence-corrected chi connectivity index (χ1v) is 7.97. The fourth-order valence-corrected chi connectivity index (χ4v) is 2.65. The van der Waals surface area contributed by atoms with E-state index >= 15 is 0 Å². The van der Waals surface area contributed by atoms with Crippen LogP contribution in [0, 0.1) is 5.82 Å². The molecule has 0 atom stereocenters. The molecule has 0 fully saturated rings. The number of hydrogen-bond acceptors (Lipinski definition) is 3.